The summed E-state index contributed by atoms with van der Waals surface area (Å²) in [7, 11) is -3.39. The number of aromatic carboxylic acids is 1. The fraction of sp³-hybridized carbons (Fsp3) is 0.0455. The average molecular weight is 441 g/mol. The monoisotopic (exact) mass is 440 g/mol. The van der Waals surface area contributed by atoms with Gasteiger partial charge in [-0.2, -0.15) is 0 Å². The summed E-state index contributed by atoms with van der Waals surface area (Å²) in [4.78, 5) is 11.7. The fourth-order valence-electron chi connectivity index (χ4n) is 3.36. The maximum Gasteiger partial charge on any atom is 0.337 e. The third-order valence-corrected chi connectivity index (χ3v) is 6.08. The first-order valence-corrected chi connectivity index (χ1v) is 11.2. The van der Waals surface area contributed by atoms with Gasteiger partial charge in [0.2, 0.25) is 0 Å². The first-order valence-electron chi connectivity index (χ1n) is 8.94. The maximum atomic E-state index is 12.2. The highest BCUT2D eigenvalue weighted by Gasteiger charge is 2.16. The summed E-state index contributed by atoms with van der Waals surface area (Å²) in [5.74, 6) is -1.08. The number of para-hydroxylation sites is 1. The predicted octanol–water partition coefficient (Wildman–Crippen LogP) is 5.13. The van der Waals surface area contributed by atoms with E-state index in [9.17, 15) is 18.3 Å². The van der Waals surface area contributed by atoms with Crippen LogP contribution in [0, 0.1) is 0 Å². The second-order valence-corrected chi connectivity index (χ2v) is 9.24. The molecule has 3 aromatic carbocycles. The van der Waals surface area contributed by atoms with Crippen LogP contribution in [0.3, 0.4) is 0 Å². The number of anilines is 2. The zero-order valence-electron chi connectivity index (χ0n) is 15.8. The number of aromatic nitrogens is 1. The number of nitrogens with one attached hydrogen (secondary N) is 1. The van der Waals surface area contributed by atoms with E-state index in [4.69, 9.17) is 11.6 Å². The number of fused-ring (bicyclic) bond motifs is 1. The standard InChI is InChI=1S/C22H17ClN2O4S/c1-30(28,29)21-5-3-2-4-20(21)25-11-10-14-12-16(7-9-19(14)25)24-18-8-6-15(23)13-17(18)22(26)27/h2-13,24H,1H3,(H,26,27). The van der Waals surface area contributed by atoms with Crippen molar-refractivity contribution in [3.8, 4) is 5.69 Å². The minimum absolute atomic E-state index is 0.0715. The molecule has 0 aliphatic heterocycles. The highest BCUT2D eigenvalue weighted by atomic mass is 35.5. The first kappa shape index (κ1) is 20.0. The molecule has 8 heteroatoms. The molecular weight excluding hydrogens is 424 g/mol. The van der Waals surface area contributed by atoms with Crippen LogP contribution < -0.4 is 5.32 Å². The van der Waals surface area contributed by atoms with Gasteiger partial charge in [-0.25, -0.2) is 13.2 Å². The second-order valence-electron chi connectivity index (χ2n) is 6.82. The first-order chi connectivity index (χ1) is 14.2. The lowest BCUT2D eigenvalue weighted by molar-refractivity contribution is 0.0698. The van der Waals surface area contributed by atoms with Gasteiger partial charge < -0.3 is 15.0 Å². The van der Waals surface area contributed by atoms with Gasteiger partial charge >= 0.3 is 5.97 Å². The number of rotatable bonds is 5. The van der Waals surface area contributed by atoms with Gasteiger partial charge in [-0.3, -0.25) is 0 Å². The van der Waals surface area contributed by atoms with Gasteiger partial charge in [0.05, 0.1) is 27.4 Å². The molecule has 2 N–H and O–H groups in total. The zero-order valence-corrected chi connectivity index (χ0v) is 17.4. The quantitative estimate of drug-likeness (QED) is 0.449. The Hall–Kier alpha value is -3.29. The highest BCUT2D eigenvalue weighted by molar-refractivity contribution is 7.90. The Labute approximate surface area is 178 Å². The van der Waals surface area contributed by atoms with Gasteiger partial charge in [-0.15, -0.1) is 0 Å². The van der Waals surface area contributed by atoms with E-state index in [2.05, 4.69) is 5.32 Å². The lowest BCUT2D eigenvalue weighted by Gasteiger charge is -2.12. The molecule has 0 atom stereocenters. The summed E-state index contributed by atoms with van der Waals surface area (Å²) in [6.45, 7) is 0. The van der Waals surface area contributed by atoms with E-state index in [1.165, 1.54) is 12.3 Å². The van der Waals surface area contributed by atoms with Gasteiger partial charge in [0.15, 0.2) is 9.84 Å². The number of hydrogen-bond donors (Lipinski definition) is 2. The molecule has 4 rings (SSSR count). The molecule has 6 nitrogen and oxygen atoms in total. The Bertz CT molecular complexity index is 1390. The molecule has 0 bridgehead atoms. The SMILES string of the molecule is CS(=O)(=O)c1ccccc1-n1ccc2cc(Nc3ccc(Cl)cc3C(=O)O)ccc21. The summed E-state index contributed by atoms with van der Waals surface area (Å²) >= 11 is 5.91. The number of sulfone groups is 1. The molecular formula is C22H17ClN2O4S. The van der Waals surface area contributed by atoms with Gasteiger partial charge in [0.25, 0.3) is 0 Å². The second kappa shape index (κ2) is 7.51. The van der Waals surface area contributed by atoms with Crippen LogP contribution in [-0.2, 0) is 9.84 Å². The minimum atomic E-state index is -3.39. The van der Waals surface area contributed by atoms with Gasteiger partial charge in [0, 0.05) is 28.5 Å². The summed E-state index contributed by atoms with van der Waals surface area (Å²) in [6.07, 6.45) is 3.00. The van der Waals surface area contributed by atoms with Crippen molar-refractivity contribution < 1.29 is 18.3 Å². The number of carboxylic acid groups (broad SMARTS) is 1. The minimum Gasteiger partial charge on any atom is -0.478 e. The summed E-state index contributed by atoms with van der Waals surface area (Å²) in [6, 6.07) is 18.9. The molecule has 1 aromatic heterocycles. The molecule has 0 radical (unpaired) electrons. The third kappa shape index (κ3) is 3.77. The lowest BCUT2D eigenvalue weighted by atomic mass is 10.1. The molecule has 0 unspecified atom stereocenters. The van der Waals surface area contributed by atoms with Crippen LogP contribution in [0.1, 0.15) is 10.4 Å². The van der Waals surface area contributed by atoms with Crippen LogP contribution in [0.4, 0.5) is 11.4 Å². The molecule has 0 aliphatic rings. The van der Waals surface area contributed by atoms with Crippen molar-refractivity contribution in [3.05, 3.63) is 83.5 Å². The van der Waals surface area contributed by atoms with Crippen LogP contribution in [0.2, 0.25) is 5.02 Å². The molecule has 152 valence electrons. The van der Waals surface area contributed by atoms with Gasteiger partial charge in [-0.05, 0) is 54.6 Å². The molecule has 0 saturated heterocycles. The largest absolute Gasteiger partial charge is 0.478 e. The Kier molecular flexibility index (Phi) is 5.01. The molecule has 0 fully saturated rings. The van der Waals surface area contributed by atoms with E-state index < -0.39 is 15.8 Å². The van der Waals surface area contributed by atoms with Gasteiger partial charge in [0.1, 0.15) is 0 Å². The van der Waals surface area contributed by atoms with Crippen LogP contribution in [-0.4, -0.2) is 30.3 Å². The third-order valence-electron chi connectivity index (χ3n) is 4.71. The Balaban J connectivity index is 1.76. The van der Waals surface area contributed by atoms with Crippen LogP contribution in [0.15, 0.2) is 77.8 Å². The van der Waals surface area contributed by atoms with E-state index in [0.717, 1.165) is 10.9 Å². The zero-order chi connectivity index (χ0) is 21.5. The topological polar surface area (TPSA) is 88.4 Å². The molecule has 0 spiro atoms. The number of carbonyl (C=O) groups is 1. The molecule has 30 heavy (non-hydrogen) atoms. The molecule has 1 heterocycles. The van der Waals surface area contributed by atoms with Crippen molar-refractivity contribution in [3.63, 3.8) is 0 Å². The molecule has 0 amide bonds. The van der Waals surface area contributed by atoms with Gasteiger partial charge in [-0.1, -0.05) is 23.7 Å². The van der Waals surface area contributed by atoms with Crippen molar-refractivity contribution in [2.45, 2.75) is 4.90 Å². The Morgan fingerprint density at radius 1 is 1.03 bits per heavy atom. The lowest BCUT2D eigenvalue weighted by Crippen LogP contribution is -2.04. The number of benzene rings is 3. The Morgan fingerprint density at radius 3 is 2.53 bits per heavy atom. The average Bonchev–Trinajstić information content (AvgIpc) is 3.11. The van der Waals surface area contributed by atoms with Crippen LogP contribution in [0.5, 0.6) is 0 Å². The number of halogens is 1. The normalized spacial score (nSPS) is 11.5. The number of carboxylic acids is 1. The molecule has 4 aromatic rings. The van der Waals surface area contributed by atoms with Crippen LogP contribution >= 0.6 is 11.6 Å². The van der Waals surface area contributed by atoms with Crippen molar-refractivity contribution in [1.29, 1.82) is 0 Å². The molecule has 0 saturated carbocycles. The van der Waals surface area contributed by atoms with Crippen molar-refractivity contribution in [2.24, 2.45) is 0 Å². The van der Waals surface area contributed by atoms with E-state index in [-0.39, 0.29) is 10.5 Å². The summed E-state index contributed by atoms with van der Waals surface area (Å²) < 4.78 is 26.2. The smallest absolute Gasteiger partial charge is 0.337 e. The summed E-state index contributed by atoms with van der Waals surface area (Å²) in [5, 5.41) is 13.7. The molecule has 0 aliphatic carbocycles. The van der Waals surface area contributed by atoms with E-state index in [0.29, 0.717) is 22.1 Å². The predicted molar refractivity (Wildman–Crippen MR) is 118 cm³/mol. The summed E-state index contributed by atoms with van der Waals surface area (Å²) in [5.41, 5.74) is 2.59. The Morgan fingerprint density at radius 2 is 1.80 bits per heavy atom. The number of nitrogens with zero attached hydrogens (tertiary/aromatic N) is 1. The van der Waals surface area contributed by atoms with Crippen molar-refractivity contribution >= 4 is 49.7 Å². The van der Waals surface area contributed by atoms with Crippen LogP contribution in [0.25, 0.3) is 16.6 Å². The van der Waals surface area contributed by atoms with E-state index in [1.807, 2.05) is 35.0 Å². The van der Waals surface area contributed by atoms with Crippen molar-refractivity contribution in [1.82, 2.24) is 4.57 Å². The maximum absolute atomic E-state index is 12.2. The fourth-order valence-corrected chi connectivity index (χ4v) is 4.40. The number of hydrogen-bond acceptors (Lipinski definition) is 4. The van der Waals surface area contributed by atoms with E-state index in [1.54, 1.807) is 36.4 Å². The van der Waals surface area contributed by atoms with Crippen molar-refractivity contribution in [2.75, 3.05) is 11.6 Å². The van der Waals surface area contributed by atoms with E-state index >= 15 is 0 Å². The highest BCUT2D eigenvalue weighted by Crippen LogP contribution is 2.30.